The van der Waals surface area contributed by atoms with E-state index in [1.807, 2.05) is 0 Å². The van der Waals surface area contributed by atoms with Crippen molar-refractivity contribution in [2.45, 2.75) is 6.92 Å². The van der Waals surface area contributed by atoms with Crippen molar-refractivity contribution >= 4 is 11.8 Å². The van der Waals surface area contributed by atoms with E-state index in [-0.39, 0.29) is 12.2 Å². The Morgan fingerprint density at radius 1 is 1.67 bits per heavy atom. The molecule has 0 radical (unpaired) electrons. The van der Waals surface area contributed by atoms with E-state index in [1.165, 1.54) is 25.3 Å². The molecule has 0 aliphatic heterocycles. The van der Waals surface area contributed by atoms with Gasteiger partial charge in [0, 0.05) is 17.3 Å². The summed E-state index contributed by atoms with van der Waals surface area (Å²) in [6.45, 7) is 1.33. The van der Waals surface area contributed by atoms with E-state index in [0.717, 1.165) is 0 Å². The van der Waals surface area contributed by atoms with Crippen LogP contribution in [-0.2, 0) is 0 Å². The highest BCUT2D eigenvalue weighted by atomic mass is 16.6. The van der Waals surface area contributed by atoms with Gasteiger partial charge in [-0.05, 0) is 6.92 Å². The van der Waals surface area contributed by atoms with E-state index in [2.05, 4.69) is 4.98 Å². The molecule has 1 rings (SSSR count). The number of nitrogens with zero attached hydrogens (tertiary/aromatic N) is 1. The highest BCUT2D eigenvalue weighted by molar-refractivity contribution is 5.57. The lowest BCUT2D eigenvalue weighted by molar-refractivity contribution is -0.386. The smallest absolute Gasteiger partial charge is 0.337 e. The first kappa shape index (κ1) is 11.1. The van der Waals surface area contributed by atoms with E-state index in [1.54, 1.807) is 0 Å². The number of aromatic amines is 1. The summed E-state index contributed by atoms with van der Waals surface area (Å²) in [4.78, 5) is 23.3. The van der Waals surface area contributed by atoms with Gasteiger partial charge in [0.25, 0.3) is 0 Å². The van der Waals surface area contributed by atoms with Crippen molar-refractivity contribution < 1.29 is 10.0 Å². The molecule has 0 bridgehead atoms. The van der Waals surface area contributed by atoms with E-state index in [4.69, 9.17) is 5.11 Å². The Balaban J connectivity index is 3.35. The predicted molar refractivity (Wildman–Crippen MR) is 54.6 cm³/mol. The van der Waals surface area contributed by atoms with Crippen LogP contribution in [0.4, 0.5) is 5.69 Å². The number of pyridine rings is 1. The highest BCUT2D eigenvalue weighted by Gasteiger charge is 2.17. The Morgan fingerprint density at radius 2 is 2.33 bits per heavy atom. The van der Waals surface area contributed by atoms with Crippen LogP contribution in [0.1, 0.15) is 11.1 Å². The van der Waals surface area contributed by atoms with Crippen LogP contribution in [-0.4, -0.2) is 21.6 Å². The number of hydrogen-bond acceptors (Lipinski definition) is 4. The summed E-state index contributed by atoms with van der Waals surface area (Å²) in [7, 11) is 0. The molecule has 15 heavy (non-hydrogen) atoms. The van der Waals surface area contributed by atoms with Gasteiger partial charge in [-0.2, -0.15) is 0 Å². The fourth-order valence-electron chi connectivity index (χ4n) is 1.20. The third-order valence-corrected chi connectivity index (χ3v) is 1.95. The van der Waals surface area contributed by atoms with E-state index in [0.29, 0.717) is 5.56 Å². The summed E-state index contributed by atoms with van der Waals surface area (Å²) in [5.74, 6) is 0. The molecule has 0 unspecified atom stereocenters. The molecule has 80 valence electrons. The number of aromatic nitrogens is 1. The molecule has 0 aliphatic rings. The Labute approximate surface area is 85.0 Å². The van der Waals surface area contributed by atoms with E-state index in [9.17, 15) is 14.9 Å². The molecule has 2 N–H and O–H groups in total. The first-order valence-corrected chi connectivity index (χ1v) is 4.22. The van der Waals surface area contributed by atoms with Gasteiger partial charge in [-0.3, -0.25) is 14.9 Å². The maximum atomic E-state index is 11.1. The summed E-state index contributed by atoms with van der Waals surface area (Å²) in [5, 5.41) is 19.1. The van der Waals surface area contributed by atoms with Crippen molar-refractivity contribution in [3.8, 4) is 0 Å². The number of rotatable bonds is 3. The molecule has 0 aliphatic carbocycles. The number of hydrogen-bond donors (Lipinski definition) is 2. The van der Waals surface area contributed by atoms with Crippen molar-refractivity contribution in [1.82, 2.24) is 4.98 Å². The quantitative estimate of drug-likeness (QED) is 0.563. The van der Waals surface area contributed by atoms with Gasteiger partial charge in [-0.1, -0.05) is 12.2 Å². The zero-order valence-electron chi connectivity index (χ0n) is 8.06. The lowest BCUT2D eigenvalue weighted by atomic mass is 10.1. The van der Waals surface area contributed by atoms with Crippen LogP contribution < -0.4 is 5.56 Å². The maximum absolute atomic E-state index is 11.1. The van der Waals surface area contributed by atoms with Crippen LogP contribution in [0, 0.1) is 17.0 Å². The van der Waals surface area contributed by atoms with Crippen LogP contribution in [0.5, 0.6) is 0 Å². The highest BCUT2D eigenvalue weighted by Crippen LogP contribution is 2.16. The van der Waals surface area contributed by atoms with Gasteiger partial charge in [-0.25, -0.2) is 0 Å². The third-order valence-electron chi connectivity index (χ3n) is 1.95. The van der Waals surface area contributed by atoms with Gasteiger partial charge in [0.2, 0.25) is 0 Å². The summed E-state index contributed by atoms with van der Waals surface area (Å²) >= 11 is 0. The largest absolute Gasteiger partial charge is 0.392 e. The molecule has 1 heterocycles. The molecule has 0 fully saturated rings. The Hall–Kier alpha value is -1.95. The standard InChI is InChI=1S/C9H10N2O4/c1-6-7(3-2-4-12)5-10-9(13)8(6)11(14)15/h2-3,5,12H,4H2,1H3,(H,10,13). The van der Waals surface area contributed by atoms with Crippen LogP contribution in [0.2, 0.25) is 0 Å². The summed E-state index contributed by atoms with van der Waals surface area (Å²) in [6.07, 6.45) is 4.32. The maximum Gasteiger partial charge on any atom is 0.337 e. The molecule has 0 saturated heterocycles. The SMILES string of the molecule is Cc1c(C=CCO)c[nH]c(=O)c1[N+](=O)[O-]. The second-order valence-corrected chi connectivity index (χ2v) is 2.89. The number of aliphatic hydroxyl groups is 1. The second kappa shape index (κ2) is 4.52. The van der Waals surface area contributed by atoms with Gasteiger partial charge in [0.15, 0.2) is 0 Å². The minimum Gasteiger partial charge on any atom is -0.392 e. The van der Waals surface area contributed by atoms with Crippen molar-refractivity contribution in [2.24, 2.45) is 0 Å². The Bertz CT molecular complexity index is 462. The molecule has 0 atom stereocenters. The molecule has 0 saturated carbocycles. The summed E-state index contributed by atoms with van der Waals surface area (Å²) < 4.78 is 0. The average molecular weight is 210 g/mol. The Morgan fingerprint density at radius 3 is 2.87 bits per heavy atom. The predicted octanol–water partition coefficient (Wildman–Crippen LogP) is 0.597. The zero-order chi connectivity index (χ0) is 11.4. The minimum absolute atomic E-state index is 0.160. The molecule has 1 aromatic rings. The first-order chi connectivity index (χ1) is 7.07. The van der Waals surface area contributed by atoms with Gasteiger partial charge in [-0.15, -0.1) is 0 Å². The fourth-order valence-corrected chi connectivity index (χ4v) is 1.20. The molecular formula is C9H10N2O4. The van der Waals surface area contributed by atoms with E-state index < -0.39 is 16.2 Å². The van der Waals surface area contributed by atoms with E-state index >= 15 is 0 Å². The lowest BCUT2D eigenvalue weighted by Crippen LogP contribution is -2.13. The molecule has 0 spiro atoms. The van der Waals surface area contributed by atoms with Crippen molar-refractivity contribution in [3.63, 3.8) is 0 Å². The zero-order valence-corrected chi connectivity index (χ0v) is 8.06. The van der Waals surface area contributed by atoms with Crippen LogP contribution in [0.15, 0.2) is 17.1 Å². The van der Waals surface area contributed by atoms with Crippen molar-refractivity contribution in [1.29, 1.82) is 0 Å². The monoisotopic (exact) mass is 210 g/mol. The topological polar surface area (TPSA) is 96.2 Å². The van der Waals surface area contributed by atoms with Crippen LogP contribution >= 0.6 is 0 Å². The molecule has 0 amide bonds. The Kier molecular flexibility index (Phi) is 3.35. The number of aliphatic hydroxyl groups excluding tert-OH is 1. The molecule has 6 nitrogen and oxygen atoms in total. The van der Waals surface area contributed by atoms with Gasteiger partial charge < -0.3 is 10.1 Å². The molecule has 0 aromatic carbocycles. The van der Waals surface area contributed by atoms with Gasteiger partial charge >= 0.3 is 11.2 Å². The summed E-state index contributed by atoms with van der Waals surface area (Å²) in [6, 6.07) is 0. The first-order valence-electron chi connectivity index (χ1n) is 4.22. The van der Waals surface area contributed by atoms with Crippen molar-refractivity contribution in [3.05, 3.63) is 43.9 Å². The third kappa shape index (κ3) is 2.29. The van der Waals surface area contributed by atoms with Crippen molar-refractivity contribution in [2.75, 3.05) is 6.61 Å². The molecule has 1 aromatic heterocycles. The van der Waals surface area contributed by atoms with Crippen LogP contribution in [0.3, 0.4) is 0 Å². The molecular weight excluding hydrogens is 200 g/mol. The second-order valence-electron chi connectivity index (χ2n) is 2.89. The van der Waals surface area contributed by atoms with Gasteiger partial charge in [0.1, 0.15) is 0 Å². The number of nitrogens with one attached hydrogen (secondary N) is 1. The lowest BCUT2D eigenvalue weighted by Gasteiger charge is -1.99. The van der Waals surface area contributed by atoms with Crippen LogP contribution in [0.25, 0.3) is 6.08 Å². The number of H-pyrrole nitrogens is 1. The molecule has 6 heteroatoms. The minimum atomic E-state index is -0.723. The fraction of sp³-hybridized carbons (Fsp3) is 0.222. The summed E-state index contributed by atoms with van der Waals surface area (Å²) in [5.41, 5.74) is -0.391. The normalized spacial score (nSPS) is 10.8. The average Bonchev–Trinajstić information content (AvgIpc) is 2.16. The number of nitro groups is 1. The van der Waals surface area contributed by atoms with Gasteiger partial charge in [0.05, 0.1) is 11.5 Å².